The van der Waals surface area contributed by atoms with E-state index < -0.39 is 5.91 Å². The first kappa shape index (κ1) is 17.8. The van der Waals surface area contributed by atoms with Gasteiger partial charge in [-0.15, -0.1) is 0 Å². The van der Waals surface area contributed by atoms with Crippen LogP contribution >= 0.6 is 15.9 Å². The number of carbonyl (C=O) groups excluding carboxylic acids is 1. The Morgan fingerprint density at radius 2 is 1.96 bits per heavy atom. The third-order valence-corrected chi connectivity index (χ3v) is 4.10. The van der Waals surface area contributed by atoms with Gasteiger partial charge in [0.2, 0.25) is 0 Å². The predicted octanol–water partition coefficient (Wildman–Crippen LogP) is 4.78. The summed E-state index contributed by atoms with van der Waals surface area (Å²) in [6, 6.07) is 15.3. The van der Waals surface area contributed by atoms with Crippen LogP contribution in [-0.4, -0.2) is 5.91 Å². The third-order valence-electron chi connectivity index (χ3n) is 3.57. The minimum atomic E-state index is -0.425. The quantitative estimate of drug-likeness (QED) is 0.576. The molecule has 0 heterocycles. The Morgan fingerprint density at radius 3 is 2.58 bits per heavy atom. The summed E-state index contributed by atoms with van der Waals surface area (Å²) in [6.07, 6.45) is 2.22. The van der Waals surface area contributed by atoms with Gasteiger partial charge in [-0.2, -0.15) is 5.26 Å². The van der Waals surface area contributed by atoms with E-state index in [-0.39, 0.29) is 5.57 Å². The molecule has 0 aliphatic carbocycles. The average molecular weight is 384 g/mol. The Kier molecular flexibility index (Phi) is 6.16. The van der Waals surface area contributed by atoms with Crippen molar-refractivity contribution in [3.63, 3.8) is 0 Å². The molecule has 2 aromatic carbocycles. The number of hydrogen-bond acceptors (Lipinski definition) is 3. The monoisotopic (exact) mass is 383 g/mol. The molecule has 0 unspecified atom stereocenters. The summed E-state index contributed by atoms with van der Waals surface area (Å²) in [7, 11) is 0. The number of nitriles is 1. The molecule has 122 valence electrons. The highest BCUT2D eigenvalue weighted by atomic mass is 79.9. The Balaban J connectivity index is 2.16. The second-order valence-electron chi connectivity index (χ2n) is 5.24. The fourth-order valence-corrected chi connectivity index (χ4v) is 2.50. The van der Waals surface area contributed by atoms with Gasteiger partial charge in [0.1, 0.15) is 11.6 Å². The van der Waals surface area contributed by atoms with E-state index in [1.807, 2.05) is 62.4 Å². The Labute approximate surface area is 150 Å². The second-order valence-corrected chi connectivity index (χ2v) is 6.15. The van der Waals surface area contributed by atoms with E-state index in [0.29, 0.717) is 0 Å². The van der Waals surface area contributed by atoms with Crippen LogP contribution in [0.15, 0.2) is 58.7 Å². The number of nitrogens with one attached hydrogen (secondary N) is 2. The van der Waals surface area contributed by atoms with Crippen molar-refractivity contribution in [2.45, 2.75) is 20.3 Å². The number of rotatable bonds is 5. The van der Waals surface area contributed by atoms with Crippen LogP contribution in [0.1, 0.15) is 18.1 Å². The van der Waals surface area contributed by atoms with Crippen molar-refractivity contribution >= 4 is 33.2 Å². The summed E-state index contributed by atoms with van der Waals surface area (Å²) in [5, 5.41) is 15.1. The van der Waals surface area contributed by atoms with Crippen molar-refractivity contribution in [3.05, 3.63) is 69.8 Å². The van der Waals surface area contributed by atoms with Gasteiger partial charge in [0.15, 0.2) is 0 Å². The molecule has 0 saturated heterocycles. The summed E-state index contributed by atoms with van der Waals surface area (Å²) < 4.78 is 0.960. The lowest BCUT2D eigenvalue weighted by Gasteiger charge is -2.12. The molecule has 0 radical (unpaired) electrons. The number of para-hydroxylation sites is 1. The first-order valence-electron chi connectivity index (χ1n) is 7.57. The van der Waals surface area contributed by atoms with E-state index in [0.717, 1.165) is 33.4 Å². The van der Waals surface area contributed by atoms with Crippen LogP contribution in [0.3, 0.4) is 0 Å². The van der Waals surface area contributed by atoms with Crippen LogP contribution in [0.4, 0.5) is 11.4 Å². The minimum Gasteiger partial charge on any atom is -0.360 e. The number of halogens is 1. The van der Waals surface area contributed by atoms with E-state index in [9.17, 15) is 10.1 Å². The molecule has 4 nitrogen and oxygen atoms in total. The second kappa shape index (κ2) is 8.32. The van der Waals surface area contributed by atoms with Crippen LogP contribution in [-0.2, 0) is 11.2 Å². The maximum absolute atomic E-state index is 12.4. The lowest BCUT2D eigenvalue weighted by atomic mass is 10.1. The van der Waals surface area contributed by atoms with Crippen LogP contribution in [0, 0.1) is 18.3 Å². The van der Waals surface area contributed by atoms with Crippen molar-refractivity contribution in [2.24, 2.45) is 0 Å². The maximum atomic E-state index is 12.4. The summed E-state index contributed by atoms with van der Waals surface area (Å²) in [6.45, 7) is 3.96. The minimum absolute atomic E-state index is 0.0169. The molecule has 0 fully saturated rings. The highest BCUT2D eigenvalue weighted by Crippen LogP contribution is 2.22. The fraction of sp³-hybridized carbons (Fsp3) is 0.158. The van der Waals surface area contributed by atoms with Gasteiger partial charge >= 0.3 is 0 Å². The van der Waals surface area contributed by atoms with Gasteiger partial charge < -0.3 is 10.6 Å². The van der Waals surface area contributed by atoms with Gasteiger partial charge in [0.25, 0.3) is 5.91 Å². The molecule has 0 atom stereocenters. The number of carbonyl (C=O) groups is 1. The van der Waals surface area contributed by atoms with Gasteiger partial charge in [-0.1, -0.05) is 41.1 Å². The van der Waals surface area contributed by atoms with E-state index in [1.54, 1.807) is 0 Å². The lowest BCUT2D eigenvalue weighted by Crippen LogP contribution is -2.16. The van der Waals surface area contributed by atoms with Crippen molar-refractivity contribution < 1.29 is 4.79 Å². The van der Waals surface area contributed by atoms with Gasteiger partial charge in [-0.3, -0.25) is 4.79 Å². The van der Waals surface area contributed by atoms with Gasteiger partial charge in [-0.05, 0) is 48.7 Å². The highest BCUT2D eigenvalue weighted by molar-refractivity contribution is 9.10. The Morgan fingerprint density at radius 1 is 1.25 bits per heavy atom. The largest absolute Gasteiger partial charge is 0.360 e. The number of benzene rings is 2. The molecule has 0 spiro atoms. The van der Waals surface area contributed by atoms with E-state index in [2.05, 4.69) is 26.6 Å². The molecule has 0 aliphatic rings. The standard InChI is InChI=1S/C19H18BrN3O/c1-3-14-6-4-5-13(2)18(14)23-19(24)15(11-21)12-22-17-9-7-16(20)8-10-17/h4-10,12,22H,3H2,1-2H3,(H,23,24)/b15-12-. The Hall–Kier alpha value is -2.58. The zero-order valence-electron chi connectivity index (χ0n) is 13.6. The highest BCUT2D eigenvalue weighted by Gasteiger charge is 2.12. The van der Waals surface area contributed by atoms with Crippen LogP contribution in [0.5, 0.6) is 0 Å². The van der Waals surface area contributed by atoms with E-state index >= 15 is 0 Å². The van der Waals surface area contributed by atoms with Crippen molar-refractivity contribution in [3.8, 4) is 6.07 Å². The molecule has 5 heteroatoms. The van der Waals surface area contributed by atoms with Gasteiger partial charge in [0.05, 0.1) is 0 Å². The summed E-state index contributed by atoms with van der Waals surface area (Å²) >= 11 is 3.36. The van der Waals surface area contributed by atoms with Gasteiger partial charge in [-0.25, -0.2) is 0 Å². The Bertz CT molecular complexity index is 804. The molecular formula is C19H18BrN3O. The fourth-order valence-electron chi connectivity index (χ4n) is 2.23. The molecule has 24 heavy (non-hydrogen) atoms. The molecule has 1 amide bonds. The lowest BCUT2D eigenvalue weighted by molar-refractivity contribution is -0.112. The zero-order chi connectivity index (χ0) is 17.5. The van der Waals surface area contributed by atoms with Crippen LogP contribution in [0.25, 0.3) is 0 Å². The summed E-state index contributed by atoms with van der Waals surface area (Å²) in [5.41, 5.74) is 3.60. The van der Waals surface area contributed by atoms with Crippen LogP contribution < -0.4 is 10.6 Å². The number of hydrogen-bond donors (Lipinski definition) is 2. The van der Waals surface area contributed by atoms with Crippen molar-refractivity contribution in [1.29, 1.82) is 5.26 Å². The van der Waals surface area contributed by atoms with Gasteiger partial charge in [0, 0.05) is 22.0 Å². The molecule has 2 rings (SSSR count). The number of amides is 1. The first-order chi connectivity index (χ1) is 11.5. The number of aryl methyl sites for hydroxylation is 2. The first-order valence-corrected chi connectivity index (χ1v) is 8.36. The predicted molar refractivity (Wildman–Crippen MR) is 101 cm³/mol. The van der Waals surface area contributed by atoms with Crippen LogP contribution in [0.2, 0.25) is 0 Å². The van der Waals surface area contributed by atoms with E-state index in [4.69, 9.17) is 0 Å². The average Bonchev–Trinajstić information content (AvgIpc) is 2.58. The normalized spacial score (nSPS) is 10.8. The van der Waals surface area contributed by atoms with Crippen molar-refractivity contribution in [1.82, 2.24) is 0 Å². The SMILES string of the molecule is CCc1cccc(C)c1NC(=O)/C(C#N)=C\Nc1ccc(Br)cc1. The third kappa shape index (κ3) is 4.46. The summed E-state index contributed by atoms with van der Waals surface area (Å²) in [4.78, 5) is 12.4. The molecule has 2 aromatic rings. The number of nitrogens with zero attached hydrogens (tertiary/aromatic N) is 1. The topological polar surface area (TPSA) is 64.9 Å². The smallest absolute Gasteiger partial charge is 0.267 e. The summed E-state index contributed by atoms with van der Waals surface area (Å²) in [5.74, 6) is -0.425. The maximum Gasteiger partial charge on any atom is 0.267 e. The zero-order valence-corrected chi connectivity index (χ0v) is 15.1. The van der Waals surface area contributed by atoms with Crippen molar-refractivity contribution in [2.75, 3.05) is 10.6 Å². The molecule has 0 aromatic heterocycles. The molecule has 0 saturated carbocycles. The molecule has 0 aliphatic heterocycles. The molecular weight excluding hydrogens is 366 g/mol. The number of anilines is 2. The van der Waals surface area contributed by atoms with E-state index in [1.165, 1.54) is 6.20 Å². The molecule has 0 bridgehead atoms. The molecule has 2 N–H and O–H groups in total.